The van der Waals surface area contributed by atoms with Crippen LogP contribution in [0.3, 0.4) is 0 Å². The van der Waals surface area contributed by atoms with Gasteiger partial charge in [-0.2, -0.15) is 0 Å². The van der Waals surface area contributed by atoms with Crippen LogP contribution >= 0.6 is 0 Å². The van der Waals surface area contributed by atoms with Crippen LogP contribution in [0.25, 0.3) is 11.5 Å². The van der Waals surface area contributed by atoms with Crippen LogP contribution in [0.5, 0.6) is 0 Å². The quantitative estimate of drug-likeness (QED) is 0.552. The van der Waals surface area contributed by atoms with Gasteiger partial charge in [-0.3, -0.25) is 14.3 Å². The predicted molar refractivity (Wildman–Crippen MR) is 103 cm³/mol. The van der Waals surface area contributed by atoms with E-state index in [0.717, 1.165) is 12.8 Å². The minimum Gasteiger partial charge on any atom is -0.354 e. The van der Waals surface area contributed by atoms with Crippen LogP contribution in [-0.2, 0) is 7.05 Å². The molecule has 1 saturated carbocycles. The average molecular weight is 396 g/mol. The molecule has 1 aliphatic carbocycles. The van der Waals surface area contributed by atoms with Crippen molar-refractivity contribution in [1.29, 1.82) is 0 Å². The van der Waals surface area contributed by atoms with E-state index in [-0.39, 0.29) is 23.1 Å². The van der Waals surface area contributed by atoms with Gasteiger partial charge < -0.3 is 16.0 Å². The van der Waals surface area contributed by atoms with E-state index in [1.807, 2.05) is 5.32 Å². The van der Waals surface area contributed by atoms with Gasteiger partial charge in [-0.25, -0.2) is 9.97 Å². The number of anilines is 2. The maximum absolute atomic E-state index is 12.5. The molecule has 3 heterocycles. The third kappa shape index (κ3) is 4.18. The van der Waals surface area contributed by atoms with E-state index in [9.17, 15) is 9.59 Å². The summed E-state index contributed by atoms with van der Waals surface area (Å²) in [6.07, 6.45) is 3.31. The summed E-state index contributed by atoms with van der Waals surface area (Å²) >= 11 is 0. The minimum absolute atomic E-state index is 0.0209. The molecule has 11 nitrogen and oxygen atoms in total. The van der Waals surface area contributed by atoms with Crippen molar-refractivity contribution in [3.63, 3.8) is 0 Å². The number of rotatable bonds is 6. The third-order valence-electron chi connectivity index (χ3n) is 4.11. The number of carbonyl (C=O) groups excluding carboxylic acids is 2. The molecule has 0 aromatic carbocycles. The molecule has 0 spiro atoms. The van der Waals surface area contributed by atoms with E-state index in [2.05, 4.69) is 35.9 Å². The highest BCUT2D eigenvalue weighted by Gasteiger charge is 2.25. The summed E-state index contributed by atoms with van der Waals surface area (Å²) < 4.78 is 23.3. The van der Waals surface area contributed by atoms with E-state index >= 15 is 0 Å². The molecule has 0 atom stereocenters. The molecule has 0 aliphatic heterocycles. The zero-order chi connectivity index (χ0) is 22.9. The number of hydrogen-bond donors (Lipinski definition) is 3. The van der Waals surface area contributed by atoms with Crippen LogP contribution in [-0.4, -0.2) is 54.8 Å². The predicted octanol–water partition coefficient (Wildman–Crippen LogP) is 0.662. The maximum Gasteiger partial charge on any atom is 0.273 e. The molecular formula is C18H19N9O2. The largest absolute Gasteiger partial charge is 0.354 e. The number of amides is 2. The Morgan fingerprint density at radius 2 is 2.10 bits per heavy atom. The van der Waals surface area contributed by atoms with E-state index in [0.29, 0.717) is 17.3 Å². The van der Waals surface area contributed by atoms with Crippen molar-refractivity contribution in [2.24, 2.45) is 7.05 Å². The molecular weight excluding hydrogens is 374 g/mol. The molecule has 0 unspecified atom stereocenters. The van der Waals surface area contributed by atoms with Gasteiger partial charge in [0, 0.05) is 24.2 Å². The summed E-state index contributed by atoms with van der Waals surface area (Å²) in [5.41, 5.74) is 0.221. The van der Waals surface area contributed by atoms with Crippen LogP contribution < -0.4 is 16.0 Å². The Balaban J connectivity index is 1.66. The number of hydrogen-bond acceptors (Lipinski definition) is 8. The van der Waals surface area contributed by atoms with Crippen molar-refractivity contribution < 1.29 is 13.7 Å². The zero-order valence-electron chi connectivity index (χ0n) is 18.4. The Kier molecular flexibility index (Phi) is 3.96. The molecule has 3 aromatic heterocycles. The van der Waals surface area contributed by atoms with Gasteiger partial charge in [0.15, 0.2) is 17.2 Å². The van der Waals surface area contributed by atoms with E-state index in [1.54, 1.807) is 25.2 Å². The highest BCUT2D eigenvalue weighted by Crippen LogP contribution is 2.22. The molecule has 29 heavy (non-hydrogen) atoms. The standard InChI is InChI=1S/C18H19N9O2/c1-19-18(29)15-12(8-13(24-25-15)17(28)21-10-6-7-10)23-14-5-3-4-11(22-14)16-20-9-27(2)26-16/h3-5,8-10H,6-7H2,1-2H3,(H,19,29)(H,21,28)(H,22,23,24)/i1D3. The topological polar surface area (TPSA) is 140 Å². The first kappa shape index (κ1) is 15.1. The minimum atomic E-state index is -2.72. The molecule has 2 amide bonds. The highest BCUT2D eigenvalue weighted by molar-refractivity contribution is 6.00. The maximum atomic E-state index is 12.5. The van der Waals surface area contributed by atoms with Crippen LogP contribution in [0.2, 0.25) is 0 Å². The summed E-state index contributed by atoms with van der Waals surface area (Å²) in [7, 11) is 1.73. The second kappa shape index (κ2) is 7.62. The Morgan fingerprint density at radius 1 is 1.24 bits per heavy atom. The van der Waals surface area contributed by atoms with E-state index in [4.69, 9.17) is 4.11 Å². The molecule has 1 fully saturated rings. The van der Waals surface area contributed by atoms with Gasteiger partial charge in [-0.15, -0.1) is 15.3 Å². The van der Waals surface area contributed by atoms with Gasteiger partial charge in [-0.1, -0.05) is 6.07 Å². The number of aryl methyl sites for hydroxylation is 1. The SMILES string of the molecule is [2H]C([2H])([2H])NC(=O)c1nnc(C(=O)NC2CC2)cc1Nc1cccc(-c2ncn(C)n2)n1. The molecule has 3 aromatic rings. The summed E-state index contributed by atoms with van der Waals surface area (Å²) in [5, 5.41) is 19.4. The van der Waals surface area contributed by atoms with Crippen molar-refractivity contribution in [2.45, 2.75) is 18.9 Å². The van der Waals surface area contributed by atoms with Crippen molar-refractivity contribution >= 4 is 23.3 Å². The molecule has 0 saturated heterocycles. The molecule has 148 valence electrons. The van der Waals surface area contributed by atoms with Gasteiger partial charge in [0.05, 0.1) is 5.69 Å². The first-order valence-corrected chi connectivity index (χ1v) is 8.79. The smallest absolute Gasteiger partial charge is 0.273 e. The van der Waals surface area contributed by atoms with Crippen LogP contribution in [0.4, 0.5) is 11.5 Å². The van der Waals surface area contributed by atoms with Crippen molar-refractivity contribution in [1.82, 2.24) is 40.6 Å². The number of nitrogens with zero attached hydrogens (tertiary/aromatic N) is 6. The van der Waals surface area contributed by atoms with E-state index in [1.165, 1.54) is 17.1 Å². The first-order valence-electron chi connectivity index (χ1n) is 10.3. The second-order valence-electron chi connectivity index (χ2n) is 6.47. The van der Waals surface area contributed by atoms with Crippen LogP contribution in [0.1, 0.15) is 37.9 Å². The van der Waals surface area contributed by atoms with Crippen LogP contribution in [0, 0.1) is 0 Å². The van der Waals surface area contributed by atoms with Gasteiger partial charge in [0.1, 0.15) is 17.8 Å². The Bertz CT molecular complexity index is 1170. The molecule has 3 N–H and O–H groups in total. The summed E-state index contributed by atoms with van der Waals surface area (Å²) in [4.78, 5) is 33.4. The number of nitrogens with one attached hydrogen (secondary N) is 3. The van der Waals surface area contributed by atoms with Gasteiger partial charge in [0.25, 0.3) is 11.8 Å². The fourth-order valence-corrected chi connectivity index (χ4v) is 2.54. The third-order valence-corrected chi connectivity index (χ3v) is 4.11. The lowest BCUT2D eigenvalue weighted by atomic mass is 10.2. The van der Waals surface area contributed by atoms with Gasteiger partial charge in [-0.05, 0) is 31.0 Å². The lowest BCUT2D eigenvalue weighted by molar-refractivity contribution is 0.0935. The first-order chi connectivity index (χ1) is 15.2. The average Bonchev–Trinajstić information content (AvgIpc) is 3.43. The monoisotopic (exact) mass is 396 g/mol. The van der Waals surface area contributed by atoms with Gasteiger partial charge in [0.2, 0.25) is 0 Å². The molecule has 0 bridgehead atoms. The number of carbonyl (C=O) groups is 2. The highest BCUT2D eigenvalue weighted by atomic mass is 16.2. The normalized spacial score (nSPS) is 15.0. The lowest BCUT2D eigenvalue weighted by Crippen LogP contribution is -2.28. The number of aromatic nitrogens is 6. The van der Waals surface area contributed by atoms with Crippen molar-refractivity contribution in [3.05, 3.63) is 42.0 Å². The van der Waals surface area contributed by atoms with Crippen molar-refractivity contribution in [3.8, 4) is 11.5 Å². The van der Waals surface area contributed by atoms with Gasteiger partial charge >= 0.3 is 0 Å². The van der Waals surface area contributed by atoms with Crippen molar-refractivity contribution in [2.75, 3.05) is 12.3 Å². The Labute approximate surface area is 170 Å². The fraction of sp³-hybridized carbons (Fsp3) is 0.278. The Hall–Kier alpha value is -3.89. The fourth-order valence-electron chi connectivity index (χ4n) is 2.54. The summed E-state index contributed by atoms with van der Waals surface area (Å²) in [5.74, 6) is -0.713. The second-order valence-corrected chi connectivity index (χ2v) is 6.47. The molecule has 4 rings (SSSR count). The summed E-state index contributed by atoms with van der Waals surface area (Å²) in [6.45, 7) is -2.72. The lowest BCUT2D eigenvalue weighted by Gasteiger charge is -2.11. The Morgan fingerprint density at radius 3 is 2.83 bits per heavy atom. The molecule has 1 aliphatic rings. The van der Waals surface area contributed by atoms with Crippen LogP contribution in [0.15, 0.2) is 30.6 Å². The molecule has 0 radical (unpaired) electrons. The molecule has 11 heteroatoms. The zero-order valence-corrected chi connectivity index (χ0v) is 15.4. The number of pyridine rings is 1. The van der Waals surface area contributed by atoms with E-state index < -0.39 is 18.8 Å². The summed E-state index contributed by atoms with van der Waals surface area (Å²) in [6, 6.07) is 6.47.